The first-order valence-electron chi connectivity index (χ1n) is 7.78. The molecule has 0 aliphatic rings. The van der Waals surface area contributed by atoms with Crippen molar-refractivity contribution in [2.75, 3.05) is 5.32 Å². The van der Waals surface area contributed by atoms with Crippen molar-refractivity contribution in [3.05, 3.63) is 45.8 Å². The van der Waals surface area contributed by atoms with Crippen LogP contribution in [0, 0.1) is 20.8 Å². The average molecular weight is 346 g/mol. The summed E-state index contributed by atoms with van der Waals surface area (Å²) in [5.41, 5.74) is 7.58. The average Bonchev–Trinajstić information content (AvgIpc) is 2.80. The standard InChI is InChI=1S/C18H22N2O3S/c1-5-13(23-14-9-7-6-8-10(14)2)17(22)20-18-15(16(19)21)11(3)12(4)24-18/h6-9,13H,5H2,1-4H3,(H2,19,21)(H,20,22). The summed E-state index contributed by atoms with van der Waals surface area (Å²) in [6, 6.07) is 7.54. The molecule has 3 N–H and O–H groups in total. The number of aryl methyl sites for hydroxylation is 2. The molecule has 6 heteroatoms. The molecule has 24 heavy (non-hydrogen) atoms. The number of thiophene rings is 1. The van der Waals surface area contributed by atoms with E-state index in [9.17, 15) is 9.59 Å². The van der Waals surface area contributed by atoms with E-state index in [-0.39, 0.29) is 5.91 Å². The van der Waals surface area contributed by atoms with Crippen molar-refractivity contribution in [1.82, 2.24) is 0 Å². The summed E-state index contributed by atoms with van der Waals surface area (Å²) in [6.45, 7) is 7.52. The van der Waals surface area contributed by atoms with Gasteiger partial charge in [-0.15, -0.1) is 11.3 Å². The van der Waals surface area contributed by atoms with Gasteiger partial charge in [-0.05, 0) is 44.4 Å². The Labute approximate surface area is 145 Å². The number of benzene rings is 1. The largest absolute Gasteiger partial charge is 0.480 e. The Morgan fingerprint density at radius 1 is 1.25 bits per heavy atom. The first-order valence-corrected chi connectivity index (χ1v) is 8.59. The summed E-state index contributed by atoms with van der Waals surface area (Å²) in [7, 11) is 0. The van der Waals surface area contributed by atoms with E-state index in [1.54, 1.807) is 0 Å². The van der Waals surface area contributed by atoms with Gasteiger partial charge >= 0.3 is 0 Å². The number of nitrogens with one attached hydrogen (secondary N) is 1. The zero-order valence-electron chi connectivity index (χ0n) is 14.3. The van der Waals surface area contributed by atoms with Gasteiger partial charge in [0.05, 0.1) is 5.56 Å². The molecular formula is C18H22N2O3S. The first-order chi connectivity index (χ1) is 11.3. The van der Waals surface area contributed by atoms with E-state index in [0.717, 1.165) is 16.0 Å². The molecule has 0 saturated carbocycles. The second-order valence-electron chi connectivity index (χ2n) is 5.62. The highest BCUT2D eigenvalue weighted by Gasteiger charge is 2.24. The van der Waals surface area contributed by atoms with Gasteiger partial charge in [-0.3, -0.25) is 9.59 Å². The molecule has 0 aliphatic heterocycles. The van der Waals surface area contributed by atoms with Crippen LogP contribution in [0.2, 0.25) is 0 Å². The maximum atomic E-state index is 12.6. The lowest BCUT2D eigenvalue weighted by atomic mass is 10.1. The van der Waals surface area contributed by atoms with Crippen LogP contribution in [0.15, 0.2) is 24.3 Å². The number of anilines is 1. The Morgan fingerprint density at radius 2 is 1.92 bits per heavy atom. The zero-order valence-corrected chi connectivity index (χ0v) is 15.1. The van der Waals surface area contributed by atoms with Gasteiger partial charge in [-0.1, -0.05) is 25.1 Å². The highest BCUT2D eigenvalue weighted by molar-refractivity contribution is 7.16. The third-order valence-corrected chi connectivity index (χ3v) is 5.02. The number of hydrogen-bond acceptors (Lipinski definition) is 4. The van der Waals surface area contributed by atoms with Gasteiger partial charge in [-0.25, -0.2) is 0 Å². The summed E-state index contributed by atoms with van der Waals surface area (Å²) >= 11 is 1.35. The van der Waals surface area contributed by atoms with Crippen molar-refractivity contribution in [1.29, 1.82) is 0 Å². The molecule has 128 valence electrons. The van der Waals surface area contributed by atoms with Crippen molar-refractivity contribution in [3.8, 4) is 5.75 Å². The van der Waals surface area contributed by atoms with Crippen molar-refractivity contribution >= 4 is 28.2 Å². The predicted molar refractivity (Wildman–Crippen MR) is 96.8 cm³/mol. The third kappa shape index (κ3) is 3.76. The zero-order chi connectivity index (χ0) is 17.9. The fraction of sp³-hybridized carbons (Fsp3) is 0.333. The molecular weight excluding hydrogens is 324 g/mol. The molecule has 0 fully saturated rings. The Kier molecular flexibility index (Phi) is 5.62. The van der Waals surface area contributed by atoms with Crippen LogP contribution in [0.5, 0.6) is 5.75 Å². The predicted octanol–water partition coefficient (Wildman–Crippen LogP) is 3.57. The highest BCUT2D eigenvalue weighted by atomic mass is 32.1. The van der Waals surface area contributed by atoms with E-state index in [1.165, 1.54) is 11.3 Å². The van der Waals surface area contributed by atoms with Crippen LogP contribution in [-0.4, -0.2) is 17.9 Å². The Hall–Kier alpha value is -2.34. The van der Waals surface area contributed by atoms with Gasteiger partial charge in [0.15, 0.2) is 6.10 Å². The second-order valence-corrected chi connectivity index (χ2v) is 6.85. The van der Waals surface area contributed by atoms with Crippen molar-refractivity contribution < 1.29 is 14.3 Å². The molecule has 1 unspecified atom stereocenters. The van der Waals surface area contributed by atoms with Gasteiger partial charge in [0.25, 0.3) is 11.8 Å². The molecule has 0 bridgehead atoms. The van der Waals surface area contributed by atoms with E-state index in [0.29, 0.717) is 22.7 Å². The minimum Gasteiger partial charge on any atom is -0.480 e. The quantitative estimate of drug-likeness (QED) is 0.839. The molecule has 1 atom stereocenters. The van der Waals surface area contributed by atoms with Crippen molar-refractivity contribution in [2.24, 2.45) is 5.73 Å². The van der Waals surface area contributed by atoms with Crippen molar-refractivity contribution in [3.63, 3.8) is 0 Å². The van der Waals surface area contributed by atoms with Gasteiger partial charge in [0.1, 0.15) is 10.8 Å². The third-order valence-electron chi connectivity index (χ3n) is 3.89. The lowest BCUT2D eigenvalue weighted by Gasteiger charge is -2.18. The number of primary amides is 1. The SMILES string of the molecule is CCC(Oc1ccccc1C)C(=O)Nc1sc(C)c(C)c1C(N)=O. The summed E-state index contributed by atoms with van der Waals surface area (Å²) < 4.78 is 5.84. The topological polar surface area (TPSA) is 81.4 Å². The van der Waals surface area contributed by atoms with E-state index < -0.39 is 12.0 Å². The molecule has 2 rings (SSSR count). The van der Waals surface area contributed by atoms with Crippen LogP contribution in [0.3, 0.4) is 0 Å². The van der Waals surface area contributed by atoms with Crippen LogP contribution in [0.4, 0.5) is 5.00 Å². The van der Waals surface area contributed by atoms with E-state index in [1.807, 2.05) is 52.0 Å². The molecule has 0 saturated heterocycles. The minimum atomic E-state index is -0.644. The fourth-order valence-corrected chi connectivity index (χ4v) is 3.44. The molecule has 1 heterocycles. The van der Waals surface area contributed by atoms with Gasteiger partial charge in [0.2, 0.25) is 0 Å². The van der Waals surface area contributed by atoms with Crippen LogP contribution in [-0.2, 0) is 4.79 Å². The Bertz CT molecular complexity index is 768. The van der Waals surface area contributed by atoms with Gasteiger partial charge < -0.3 is 15.8 Å². The van der Waals surface area contributed by atoms with Crippen LogP contribution in [0.25, 0.3) is 0 Å². The van der Waals surface area contributed by atoms with Gasteiger partial charge in [-0.2, -0.15) is 0 Å². The molecule has 1 aromatic carbocycles. The molecule has 0 aliphatic carbocycles. The highest BCUT2D eigenvalue weighted by Crippen LogP contribution is 2.32. The van der Waals surface area contributed by atoms with E-state index in [2.05, 4.69) is 5.32 Å². The molecule has 1 aromatic heterocycles. The van der Waals surface area contributed by atoms with Crippen LogP contribution in [0.1, 0.15) is 39.7 Å². The maximum absolute atomic E-state index is 12.6. The maximum Gasteiger partial charge on any atom is 0.266 e. The number of amides is 2. The fourth-order valence-electron chi connectivity index (χ4n) is 2.37. The molecule has 5 nitrogen and oxygen atoms in total. The summed E-state index contributed by atoms with van der Waals surface area (Å²) in [4.78, 5) is 25.2. The van der Waals surface area contributed by atoms with Gasteiger partial charge in [0, 0.05) is 4.88 Å². The number of nitrogens with two attached hydrogens (primary N) is 1. The molecule has 0 radical (unpaired) electrons. The minimum absolute atomic E-state index is 0.287. The first kappa shape index (κ1) is 18.0. The normalized spacial score (nSPS) is 11.8. The number of rotatable bonds is 6. The summed E-state index contributed by atoms with van der Waals surface area (Å²) in [5.74, 6) is -0.155. The molecule has 0 spiro atoms. The van der Waals surface area contributed by atoms with Crippen LogP contribution >= 0.6 is 11.3 Å². The number of hydrogen-bond donors (Lipinski definition) is 2. The summed E-state index contributed by atoms with van der Waals surface area (Å²) in [5, 5.41) is 3.28. The lowest BCUT2D eigenvalue weighted by Crippen LogP contribution is -2.33. The van der Waals surface area contributed by atoms with E-state index >= 15 is 0 Å². The monoisotopic (exact) mass is 346 g/mol. The molecule has 2 amide bonds. The smallest absolute Gasteiger partial charge is 0.266 e. The number of para-hydroxylation sites is 1. The number of carbonyl (C=O) groups is 2. The molecule has 2 aromatic rings. The number of ether oxygens (including phenoxy) is 1. The summed E-state index contributed by atoms with van der Waals surface area (Å²) in [6.07, 6.45) is -0.135. The van der Waals surface area contributed by atoms with Crippen molar-refractivity contribution in [2.45, 2.75) is 40.2 Å². The lowest BCUT2D eigenvalue weighted by molar-refractivity contribution is -0.122. The Morgan fingerprint density at radius 3 is 2.50 bits per heavy atom. The number of carbonyl (C=O) groups excluding carboxylic acids is 2. The second kappa shape index (κ2) is 7.49. The van der Waals surface area contributed by atoms with E-state index in [4.69, 9.17) is 10.5 Å². The Balaban J connectivity index is 2.20. The van der Waals surface area contributed by atoms with Crippen LogP contribution < -0.4 is 15.8 Å².